The van der Waals surface area contributed by atoms with Crippen LogP contribution in [0.5, 0.6) is 0 Å². The second kappa shape index (κ2) is 6.50. The van der Waals surface area contributed by atoms with Gasteiger partial charge in [-0.1, -0.05) is 0 Å². The smallest absolute Gasteiger partial charge is 0.236 e. The first-order valence-electron chi connectivity index (χ1n) is 7.05. The van der Waals surface area contributed by atoms with Crippen LogP contribution in [0.25, 0.3) is 0 Å². The van der Waals surface area contributed by atoms with Crippen LogP contribution < -0.4 is 5.32 Å². The predicted octanol–water partition coefficient (Wildman–Crippen LogP) is -0.556. The zero-order valence-electron chi connectivity index (χ0n) is 11.7. The fourth-order valence-corrected chi connectivity index (χ4v) is 2.78. The van der Waals surface area contributed by atoms with Gasteiger partial charge in [0.1, 0.15) is 0 Å². The molecule has 0 saturated carbocycles. The highest BCUT2D eigenvalue weighted by atomic mass is 16.2. The molecular weight excluding hydrogens is 228 g/mol. The summed E-state index contributed by atoms with van der Waals surface area (Å²) >= 11 is 0. The van der Waals surface area contributed by atoms with Crippen LogP contribution in [0.2, 0.25) is 0 Å². The molecule has 0 aromatic heterocycles. The van der Waals surface area contributed by atoms with Crippen molar-refractivity contribution in [3.63, 3.8) is 0 Å². The molecule has 1 unspecified atom stereocenters. The summed E-state index contributed by atoms with van der Waals surface area (Å²) in [7, 11) is 4.13. The summed E-state index contributed by atoms with van der Waals surface area (Å²) in [5.41, 5.74) is 0. The Kier molecular flexibility index (Phi) is 4.97. The molecule has 1 N–H and O–H groups in total. The van der Waals surface area contributed by atoms with Gasteiger partial charge in [0.25, 0.3) is 0 Å². The molecular formula is C13H26N4O. The van der Waals surface area contributed by atoms with E-state index in [0.29, 0.717) is 18.5 Å². The second-order valence-corrected chi connectivity index (χ2v) is 5.55. The Bertz CT molecular complexity index is 276. The molecule has 2 rings (SSSR count). The van der Waals surface area contributed by atoms with Crippen LogP contribution >= 0.6 is 0 Å². The number of hydrogen-bond acceptors (Lipinski definition) is 4. The maximum Gasteiger partial charge on any atom is 0.236 e. The van der Waals surface area contributed by atoms with Gasteiger partial charge in [-0.3, -0.25) is 9.69 Å². The lowest BCUT2D eigenvalue weighted by Crippen LogP contribution is -2.52. The number of carbonyl (C=O) groups excluding carboxylic acids is 1. The van der Waals surface area contributed by atoms with E-state index in [-0.39, 0.29) is 0 Å². The zero-order chi connectivity index (χ0) is 13.0. The van der Waals surface area contributed by atoms with Crippen molar-refractivity contribution in [1.82, 2.24) is 20.0 Å². The summed E-state index contributed by atoms with van der Waals surface area (Å²) in [5.74, 6) is 0.305. The Morgan fingerprint density at radius 3 is 2.61 bits per heavy atom. The topological polar surface area (TPSA) is 38.8 Å². The van der Waals surface area contributed by atoms with Gasteiger partial charge in [-0.2, -0.15) is 0 Å². The minimum Gasteiger partial charge on any atom is -0.339 e. The van der Waals surface area contributed by atoms with Crippen LogP contribution in [0.15, 0.2) is 0 Å². The number of amides is 1. The van der Waals surface area contributed by atoms with Crippen molar-refractivity contribution in [2.45, 2.75) is 18.9 Å². The van der Waals surface area contributed by atoms with Crippen LogP contribution in [0.1, 0.15) is 12.8 Å². The van der Waals surface area contributed by atoms with Gasteiger partial charge in [0.05, 0.1) is 6.54 Å². The molecule has 0 aromatic rings. The highest BCUT2D eigenvalue weighted by molar-refractivity contribution is 5.78. The van der Waals surface area contributed by atoms with E-state index in [1.54, 1.807) is 0 Å². The summed E-state index contributed by atoms with van der Waals surface area (Å²) in [6.07, 6.45) is 2.43. The van der Waals surface area contributed by atoms with E-state index in [2.05, 4.69) is 22.2 Å². The number of piperidine rings is 1. The molecule has 0 spiro atoms. The Morgan fingerprint density at radius 1 is 1.22 bits per heavy atom. The van der Waals surface area contributed by atoms with E-state index in [9.17, 15) is 4.79 Å². The first-order valence-corrected chi connectivity index (χ1v) is 7.05. The fraction of sp³-hybridized carbons (Fsp3) is 0.923. The van der Waals surface area contributed by atoms with Gasteiger partial charge in [0, 0.05) is 38.8 Å². The molecule has 2 heterocycles. The molecule has 104 valence electrons. The number of carbonyl (C=O) groups is 1. The Hall–Kier alpha value is -0.650. The molecule has 0 radical (unpaired) electrons. The highest BCUT2D eigenvalue weighted by Crippen LogP contribution is 2.10. The molecule has 18 heavy (non-hydrogen) atoms. The maximum atomic E-state index is 12.2. The maximum absolute atomic E-state index is 12.2. The summed E-state index contributed by atoms with van der Waals surface area (Å²) in [5, 5.41) is 3.32. The van der Waals surface area contributed by atoms with Gasteiger partial charge in [0.15, 0.2) is 0 Å². The van der Waals surface area contributed by atoms with Crippen LogP contribution in [0.4, 0.5) is 0 Å². The lowest BCUT2D eigenvalue weighted by Gasteiger charge is -2.36. The number of rotatable bonds is 3. The van der Waals surface area contributed by atoms with Crippen molar-refractivity contribution in [2.24, 2.45) is 0 Å². The van der Waals surface area contributed by atoms with E-state index < -0.39 is 0 Å². The fourth-order valence-electron chi connectivity index (χ4n) is 2.78. The third-order valence-corrected chi connectivity index (χ3v) is 4.13. The number of nitrogens with one attached hydrogen (secondary N) is 1. The molecule has 5 nitrogen and oxygen atoms in total. The van der Waals surface area contributed by atoms with Gasteiger partial charge in [-0.25, -0.2) is 0 Å². The molecule has 2 aliphatic heterocycles. The van der Waals surface area contributed by atoms with Crippen molar-refractivity contribution >= 4 is 5.91 Å². The van der Waals surface area contributed by atoms with Crippen molar-refractivity contribution in [1.29, 1.82) is 0 Å². The average Bonchev–Trinajstić information content (AvgIpc) is 2.39. The third-order valence-electron chi connectivity index (χ3n) is 4.13. The van der Waals surface area contributed by atoms with Crippen molar-refractivity contribution < 1.29 is 4.79 Å². The molecule has 5 heteroatoms. The Balaban J connectivity index is 1.76. The zero-order valence-corrected chi connectivity index (χ0v) is 11.7. The SMILES string of the molecule is CNC1CCCN(CC(=O)N2CCN(C)CC2)C1. The lowest BCUT2D eigenvalue weighted by atomic mass is 10.1. The first kappa shape index (κ1) is 13.8. The van der Waals surface area contributed by atoms with Gasteiger partial charge >= 0.3 is 0 Å². The number of nitrogens with zero attached hydrogens (tertiary/aromatic N) is 3. The summed E-state index contributed by atoms with van der Waals surface area (Å²) in [6.45, 7) is 6.46. The van der Waals surface area contributed by atoms with Gasteiger partial charge in [0.2, 0.25) is 5.91 Å². The Morgan fingerprint density at radius 2 is 1.94 bits per heavy atom. The van der Waals surface area contributed by atoms with E-state index in [1.807, 2.05) is 11.9 Å². The van der Waals surface area contributed by atoms with E-state index in [1.165, 1.54) is 12.8 Å². The number of likely N-dealkylation sites (N-methyl/N-ethyl adjacent to an activating group) is 2. The first-order chi connectivity index (χ1) is 8.69. The monoisotopic (exact) mass is 254 g/mol. The molecule has 0 bridgehead atoms. The van der Waals surface area contributed by atoms with Gasteiger partial charge < -0.3 is 15.1 Å². The van der Waals surface area contributed by atoms with Crippen LogP contribution in [-0.2, 0) is 4.79 Å². The number of hydrogen-bond donors (Lipinski definition) is 1. The minimum atomic E-state index is 0.305. The van der Waals surface area contributed by atoms with Crippen LogP contribution in [0, 0.1) is 0 Å². The van der Waals surface area contributed by atoms with Crippen LogP contribution in [0.3, 0.4) is 0 Å². The van der Waals surface area contributed by atoms with E-state index >= 15 is 0 Å². The predicted molar refractivity (Wildman–Crippen MR) is 72.6 cm³/mol. The number of piperazine rings is 1. The Labute approximate surface area is 110 Å². The molecule has 1 amide bonds. The molecule has 2 fully saturated rings. The highest BCUT2D eigenvalue weighted by Gasteiger charge is 2.24. The third kappa shape index (κ3) is 3.67. The van der Waals surface area contributed by atoms with Crippen molar-refractivity contribution in [2.75, 3.05) is 59.9 Å². The van der Waals surface area contributed by atoms with Gasteiger partial charge in [-0.05, 0) is 33.5 Å². The second-order valence-electron chi connectivity index (χ2n) is 5.55. The lowest BCUT2D eigenvalue weighted by molar-refractivity contribution is -0.134. The molecule has 0 aliphatic carbocycles. The van der Waals surface area contributed by atoms with Crippen LogP contribution in [-0.4, -0.2) is 86.6 Å². The standard InChI is InChI=1S/C13H26N4O/c1-14-12-4-3-5-16(10-12)11-13(18)17-8-6-15(2)7-9-17/h12,14H,3-11H2,1-2H3. The summed E-state index contributed by atoms with van der Waals surface area (Å²) in [4.78, 5) is 18.8. The number of likely N-dealkylation sites (tertiary alicyclic amines) is 1. The van der Waals surface area contributed by atoms with Crippen molar-refractivity contribution in [3.05, 3.63) is 0 Å². The average molecular weight is 254 g/mol. The largest absolute Gasteiger partial charge is 0.339 e. The van der Waals surface area contributed by atoms with Crippen molar-refractivity contribution in [3.8, 4) is 0 Å². The van der Waals surface area contributed by atoms with E-state index in [4.69, 9.17) is 0 Å². The molecule has 2 aliphatic rings. The molecule has 2 saturated heterocycles. The summed E-state index contributed by atoms with van der Waals surface area (Å²) in [6, 6.07) is 0.555. The normalized spacial score (nSPS) is 27.4. The van der Waals surface area contributed by atoms with Gasteiger partial charge in [-0.15, -0.1) is 0 Å². The minimum absolute atomic E-state index is 0.305. The molecule has 1 atom stereocenters. The summed E-state index contributed by atoms with van der Waals surface area (Å²) < 4.78 is 0. The van der Waals surface area contributed by atoms with E-state index in [0.717, 1.165) is 39.3 Å². The quantitative estimate of drug-likeness (QED) is 0.733. The molecule has 0 aromatic carbocycles.